The lowest BCUT2D eigenvalue weighted by atomic mass is 10.4. The molecule has 0 aliphatic heterocycles. The van der Waals surface area contributed by atoms with Crippen molar-refractivity contribution in [1.29, 1.82) is 0 Å². The summed E-state index contributed by atoms with van der Waals surface area (Å²) in [6.45, 7) is 9.93. The quantitative estimate of drug-likeness (QED) is 0.304. The SMILES string of the molecule is C=C(C)C(=O)O.C=C(C)C(=O)OCC/[P+]([O-])=C(\O)C[N+](C)(C)C. The predicted molar refractivity (Wildman–Crippen MR) is 89.9 cm³/mol. The number of carbonyl (C=O) groups is 2. The molecule has 0 spiro atoms. The molecule has 0 aliphatic carbocycles. The van der Waals surface area contributed by atoms with Crippen molar-refractivity contribution in [2.75, 3.05) is 40.5 Å². The average Bonchev–Trinajstić information content (AvgIpc) is 2.36. The number of hydrogen-bond donors (Lipinski definition) is 2. The van der Waals surface area contributed by atoms with Crippen molar-refractivity contribution in [3.63, 3.8) is 0 Å². The van der Waals surface area contributed by atoms with Crippen molar-refractivity contribution in [3.8, 4) is 0 Å². The molecule has 2 N–H and O–H groups in total. The van der Waals surface area contributed by atoms with Gasteiger partial charge in [0.1, 0.15) is 12.8 Å². The van der Waals surface area contributed by atoms with Crippen LogP contribution in [-0.4, -0.2) is 72.6 Å². The number of carboxylic acids is 1. The van der Waals surface area contributed by atoms with Gasteiger partial charge in [-0.15, -0.1) is 0 Å². The van der Waals surface area contributed by atoms with Gasteiger partial charge in [-0.1, -0.05) is 13.2 Å². The summed E-state index contributed by atoms with van der Waals surface area (Å²) >= 11 is 0. The van der Waals surface area contributed by atoms with Crippen LogP contribution in [0.3, 0.4) is 0 Å². The van der Waals surface area contributed by atoms with Gasteiger partial charge in [0.2, 0.25) is 0 Å². The van der Waals surface area contributed by atoms with Gasteiger partial charge in [0.25, 0.3) is 5.48 Å². The minimum absolute atomic E-state index is 0.0299. The zero-order chi connectivity index (χ0) is 18.8. The number of nitrogens with zero attached hydrogens (tertiary/aromatic N) is 1. The van der Waals surface area contributed by atoms with Crippen molar-refractivity contribution >= 4 is 25.2 Å². The summed E-state index contributed by atoms with van der Waals surface area (Å²) in [5.74, 6) is -1.44. The molecule has 0 aromatic carbocycles. The van der Waals surface area contributed by atoms with Gasteiger partial charge in [-0.25, -0.2) is 9.59 Å². The fourth-order valence-corrected chi connectivity index (χ4v) is 2.07. The molecule has 1 unspecified atom stereocenters. The van der Waals surface area contributed by atoms with Crippen molar-refractivity contribution < 1.29 is 33.9 Å². The number of quaternary nitrogens is 1. The summed E-state index contributed by atoms with van der Waals surface area (Å²) in [5.41, 5.74) is 0.439. The van der Waals surface area contributed by atoms with E-state index in [0.717, 1.165) is 0 Å². The van der Waals surface area contributed by atoms with E-state index in [2.05, 4.69) is 13.2 Å². The first kappa shape index (κ1) is 23.7. The zero-order valence-corrected chi connectivity index (χ0v) is 15.4. The Kier molecular flexibility index (Phi) is 11.4. The van der Waals surface area contributed by atoms with Gasteiger partial charge >= 0.3 is 11.9 Å². The number of esters is 1. The topological polar surface area (TPSA) is 107 Å². The first-order valence-corrected chi connectivity index (χ1v) is 8.23. The van der Waals surface area contributed by atoms with Crippen molar-refractivity contribution in [1.82, 2.24) is 0 Å². The Morgan fingerprint density at radius 3 is 1.87 bits per heavy atom. The molecule has 0 saturated heterocycles. The van der Waals surface area contributed by atoms with Crippen LogP contribution in [0.5, 0.6) is 0 Å². The lowest BCUT2D eigenvalue weighted by Crippen LogP contribution is -2.39. The van der Waals surface area contributed by atoms with E-state index in [9.17, 15) is 19.6 Å². The molecule has 0 rings (SSSR count). The van der Waals surface area contributed by atoms with E-state index in [1.165, 1.54) is 6.92 Å². The fourth-order valence-electron chi connectivity index (χ4n) is 0.977. The number of carbonyl (C=O) groups excluding carboxylic acids is 1. The number of rotatable bonds is 7. The first-order valence-electron chi connectivity index (χ1n) is 6.79. The zero-order valence-electron chi connectivity index (χ0n) is 14.5. The van der Waals surface area contributed by atoms with Gasteiger partial charge in [-0.3, -0.25) is 0 Å². The van der Waals surface area contributed by atoms with E-state index in [4.69, 9.17) is 9.84 Å². The van der Waals surface area contributed by atoms with Crippen LogP contribution in [0.25, 0.3) is 0 Å². The van der Waals surface area contributed by atoms with Crippen LogP contribution in [0.1, 0.15) is 13.8 Å². The van der Waals surface area contributed by atoms with Crippen LogP contribution < -0.4 is 4.89 Å². The van der Waals surface area contributed by atoms with Crippen molar-refractivity contribution in [3.05, 3.63) is 24.3 Å². The van der Waals surface area contributed by atoms with E-state index in [1.807, 2.05) is 21.1 Å². The largest absolute Gasteiger partial charge is 0.628 e. The second kappa shape index (κ2) is 11.1. The average molecular weight is 348 g/mol. The smallest absolute Gasteiger partial charge is 0.333 e. The molecule has 0 radical (unpaired) electrons. The third-order valence-corrected chi connectivity index (χ3v) is 3.45. The van der Waals surface area contributed by atoms with Crippen molar-refractivity contribution in [2.45, 2.75) is 13.8 Å². The molecule has 0 aromatic rings. The highest BCUT2D eigenvalue weighted by Crippen LogP contribution is 2.13. The number of aliphatic carboxylic acids is 1. The molecule has 0 aliphatic rings. The number of likely N-dealkylation sites (N-methyl/N-ethyl adjacent to an activating group) is 1. The van der Waals surface area contributed by atoms with Gasteiger partial charge in [0, 0.05) is 11.1 Å². The molecule has 0 bridgehead atoms. The summed E-state index contributed by atoms with van der Waals surface area (Å²) in [4.78, 5) is 32.2. The Hall–Kier alpha value is -1.53. The Morgan fingerprint density at radius 1 is 1.13 bits per heavy atom. The lowest BCUT2D eigenvalue weighted by molar-refractivity contribution is -0.861. The molecule has 0 amide bonds. The van der Waals surface area contributed by atoms with Crippen LogP contribution in [0.2, 0.25) is 0 Å². The van der Waals surface area contributed by atoms with Gasteiger partial charge in [0.15, 0.2) is 6.54 Å². The van der Waals surface area contributed by atoms with Gasteiger partial charge in [-0.2, -0.15) is 0 Å². The number of carboxylic acid groups (broad SMARTS) is 1. The summed E-state index contributed by atoms with van der Waals surface area (Å²) in [6, 6.07) is 0. The molecule has 132 valence electrons. The summed E-state index contributed by atoms with van der Waals surface area (Å²) in [6.07, 6.45) is 0.139. The van der Waals surface area contributed by atoms with Gasteiger partial charge in [-0.05, 0) is 13.8 Å². The monoisotopic (exact) mass is 348 g/mol. The van der Waals surface area contributed by atoms with E-state index in [1.54, 1.807) is 6.92 Å². The number of hydrogen-bond acceptors (Lipinski definition) is 4. The lowest BCUT2D eigenvalue weighted by Gasteiger charge is -2.22. The maximum Gasteiger partial charge on any atom is 0.333 e. The highest BCUT2D eigenvalue weighted by Gasteiger charge is 2.17. The van der Waals surface area contributed by atoms with E-state index < -0.39 is 19.7 Å². The van der Waals surface area contributed by atoms with Crippen LogP contribution in [-0.2, 0) is 14.3 Å². The van der Waals surface area contributed by atoms with Gasteiger partial charge in [0.05, 0.1) is 28.9 Å². The molecule has 7 nitrogen and oxygen atoms in total. The number of ether oxygens (including phenoxy) is 1. The highest BCUT2D eigenvalue weighted by atomic mass is 31.1. The number of aliphatic hydroxyl groups is 1. The van der Waals surface area contributed by atoms with Crippen LogP contribution in [0.15, 0.2) is 24.3 Å². The Labute approximate surface area is 138 Å². The molecule has 0 fully saturated rings. The molecule has 8 heteroatoms. The van der Waals surface area contributed by atoms with Crippen molar-refractivity contribution in [2.24, 2.45) is 0 Å². The minimum Gasteiger partial charge on any atom is -0.628 e. The van der Waals surface area contributed by atoms with E-state index in [0.29, 0.717) is 16.6 Å². The highest BCUT2D eigenvalue weighted by molar-refractivity contribution is 7.51. The second-order valence-corrected chi connectivity index (χ2v) is 7.69. The van der Waals surface area contributed by atoms with Crippen LogP contribution in [0, 0.1) is 0 Å². The summed E-state index contributed by atoms with van der Waals surface area (Å²) < 4.78 is 5.30. The minimum atomic E-state index is -1.86. The molecule has 23 heavy (non-hydrogen) atoms. The fraction of sp³-hybridized carbons (Fsp3) is 0.533. The molecule has 1 atom stereocenters. The normalized spacial score (nSPS) is 11.6. The molecule has 0 heterocycles. The Balaban J connectivity index is 0. The predicted octanol–water partition coefficient (Wildman–Crippen LogP) is 0.719. The molecular formula is C15H27NO6P+. The summed E-state index contributed by atoms with van der Waals surface area (Å²) in [7, 11) is 3.81. The second-order valence-electron chi connectivity index (χ2n) is 5.97. The molecule has 0 aromatic heterocycles. The van der Waals surface area contributed by atoms with Crippen LogP contribution >= 0.6 is 7.77 Å². The third kappa shape index (κ3) is 15.1. The standard InChI is InChI=1S/C11H20NO4P.C4H6O2/c1-9(2)11(14)16-6-7-17(15)10(13)8-12(3,4)5;1-3(2)4(5)6/h1,6-8H2,2-5H3;1H2,2H3,(H,5,6)/p+1. The summed E-state index contributed by atoms with van der Waals surface area (Å²) in [5, 5.41) is 17.5. The third-order valence-electron chi connectivity index (χ3n) is 2.14. The molecular weight excluding hydrogens is 321 g/mol. The Morgan fingerprint density at radius 2 is 1.57 bits per heavy atom. The maximum atomic E-state index is 11.6. The van der Waals surface area contributed by atoms with E-state index in [-0.39, 0.29) is 23.8 Å². The Bertz CT molecular complexity index is 479. The van der Waals surface area contributed by atoms with Gasteiger partial charge < -0.3 is 24.3 Å². The molecule has 0 saturated carbocycles. The van der Waals surface area contributed by atoms with E-state index >= 15 is 0 Å². The number of aliphatic hydroxyl groups excluding tert-OH is 1. The first-order chi connectivity index (χ1) is 10.3. The van der Waals surface area contributed by atoms with Crippen LogP contribution in [0.4, 0.5) is 0 Å². The maximum absolute atomic E-state index is 11.6.